The first-order valence-electron chi connectivity index (χ1n) is 13.9. The van der Waals surface area contributed by atoms with Crippen LogP contribution in [0.1, 0.15) is 120 Å². The number of ether oxygens (including phenoxy) is 4. The minimum atomic E-state index is -0.702. The highest BCUT2D eigenvalue weighted by molar-refractivity contribution is 9.10. The first kappa shape index (κ1) is 33.7. The van der Waals surface area contributed by atoms with Gasteiger partial charge in [-0.05, 0) is 69.7 Å². The zero-order valence-corrected chi connectivity index (χ0v) is 26.8. The number of carbonyl (C=O) groups excluding carboxylic acids is 4. The van der Waals surface area contributed by atoms with Gasteiger partial charge in [-0.2, -0.15) is 0 Å². The van der Waals surface area contributed by atoms with Crippen molar-refractivity contribution in [2.45, 2.75) is 79.1 Å². The average Bonchev–Trinajstić information content (AvgIpc) is 2.92. The molecule has 40 heavy (non-hydrogen) atoms. The molecule has 2 aromatic carbocycles. The summed E-state index contributed by atoms with van der Waals surface area (Å²) in [5, 5.41) is 0.121. The molecule has 0 heterocycles. The topological polar surface area (TPSA) is 105 Å². The van der Waals surface area contributed by atoms with Gasteiger partial charge < -0.3 is 18.9 Å². The van der Waals surface area contributed by atoms with Gasteiger partial charge in [-0.3, -0.25) is 0 Å². The van der Waals surface area contributed by atoms with Gasteiger partial charge in [-0.25, -0.2) is 19.2 Å². The maximum atomic E-state index is 13.4. The number of hydrogen-bond acceptors (Lipinski definition) is 8. The van der Waals surface area contributed by atoms with E-state index < -0.39 is 23.9 Å². The smallest absolute Gasteiger partial charge is 0.339 e. The van der Waals surface area contributed by atoms with Crippen molar-refractivity contribution in [1.29, 1.82) is 0 Å². The van der Waals surface area contributed by atoms with Crippen molar-refractivity contribution in [3.8, 4) is 0 Å². The van der Waals surface area contributed by atoms with E-state index in [2.05, 4.69) is 31.9 Å². The van der Waals surface area contributed by atoms with Gasteiger partial charge in [0.2, 0.25) is 0 Å². The van der Waals surface area contributed by atoms with E-state index in [1.54, 1.807) is 0 Å². The van der Waals surface area contributed by atoms with Crippen molar-refractivity contribution in [3.63, 3.8) is 0 Å². The molecule has 2 rings (SSSR count). The molecule has 10 heteroatoms. The summed E-state index contributed by atoms with van der Waals surface area (Å²) in [5.74, 6) is -2.80. The molecule has 2 aromatic rings. The number of unbranched alkanes of at least 4 members (excludes halogenated alkanes) is 4. The summed E-state index contributed by atoms with van der Waals surface area (Å²) in [6.45, 7) is 8.56. The predicted octanol–water partition coefficient (Wildman–Crippen LogP) is 8.19. The SMILES string of the molecule is CCCCOC(=O)c1cc(Br)c(C(=O)OCCCC)c2c(C(=O)OCCCC)cc(Br)c(C(=O)OCCCC)c12. The molecule has 0 spiro atoms. The maximum absolute atomic E-state index is 13.4. The summed E-state index contributed by atoms with van der Waals surface area (Å²) in [6, 6.07) is 2.85. The molecule has 0 saturated carbocycles. The molecule has 0 bridgehead atoms. The van der Waals surface area contributed by atoms with Gasteiger partial charge >= 0.3 is 23.9 Å². The second-order valence-electron chi connectivity index (χ2n) is 9.27. The normalized spacial score (nSPS) is 10.8. The van der Waals surface area contributed by atoms with E-state index in [-0.39, 0.29) is 68.4 Å². The van der Waals surface area contributed by atoms with E-state index in [1.807, 2.05) is 27.7 Å². The first-order valence-corrected chi connectivity index (χ1v) is 15.5. The van der Waals surface area contributed by atoms with Crippen LogP contribution >= 0.6 is 31.9 Å². The van der Waals surface area contributed by atoms with Crippen LogP contribution in [0.5, 0.6) is 0 Å². The van der Waals surface area contributed by atoms with Gasteiger partial charge in [0.15, 0.2) is 0 Å². The van der Waals surface area contributed by atoms with Crippen LogP contribution in [-0.2, 0) is 18.9 Å². The standard InChI is InChI=1S/C30H38Br2O8/c1-5-9-13-37-27(33)19-17-21(31)26(30(36)40-16-12-8-4)24-20(28(34)38-14-10-6-2)18-22(32)25(23(19)24)29(35)39-15-11-7-3/h17-18H,5-16H2,1-4H3. The van der Waals surface area contributed by atoms with E-state index in [0.717, 1.165) is 25.7 Å². The zero-order valence-electron chi connectivity index (χ0n) is 23.7. The van der Waals surface area contributed by atoms with Crippen LogP contribution in [0.15, 0.2) is 21.1 Å². The average molecular weight is 686 g/mol. The number of fused-ring (bicyclic) bond motifs is 1. The molecule has 0 amide bonds. The Hall–Kier alpha value is -2.46. The van der Waals surface area contributed by atoms with Crippen molar-refractivity contribution in [1.82, 2.24) is 0 Å². The van der Waals surface area contributed by atoms with Crippen molar-refractivity contribution in [3.05, 3.63) is 43.3 Å². The van der Waals surface area contributed by atoms with Crippen molar-refractivity contribution < 1.29 is 38.1 Å². The Morgan fingerprint density at radius 1 is 0.525 bits per heavy atom. The number of halogens is 2. The van der Waals surface area contributed by atoms with E-state index in [4.69, 9.17) is 18.9 Å². The van der Waals surface area contributed by atoms with Gasteiger partial charge in [-0.1, -0.05) is 53.4 Å². The van der Waals surface area contributed by atoms with Crippen LogP contribution < -0.4 is 0 Å². The van der Waals surface area contributed by atoms with Crippen LogP contribution in [-0.4, -0.2) is 50.3 Å². The molecule has 0 unspecified atom stereocenters. The summed E-state index contributed by atoms with van der Waals surface area (Å²) in [7, 11) is 0. The van der Waals surface area contributed by atoms with Crippen molar-refractivity contribution in [2.24, 2.45) is 0 Å². The second-order valence-corrected chi connectivity index (χ2v) is 11.0. The third-order valence-electron chi connectivity index (χ3n) is 6.08. The lowest BCUT2D eigenvalue weighted by atomic mass is 9.91. The second kappa shape index (κ2) is 17.4. The highest BCUT2D eigenvalue weighted by atomic mass is 79.9. The maximum Gasteiger partial charge on any atom is 0.339 e. The van der Waals surface area contributed by atoms with Crippen molar-refractivity contribution >= 4 is 66.5 Å². The molecular formula is C30H38Br2O8. The Morgan fingerprint density at radius 2 is 0.800 bits per heavy atom. The fraction of sp³-hybridized carbons (Fsp3) is 0.533. The molecule has 0 aromatic heterocycles. The Balaban J connectivity index is 2.94. The Bertz CT molecular complexity index is 1120. The summed E-state index contributed by atoms with van der Waals surface area (Å²) in [5.41, 5.74) is 0.0337. The van der Waals surface area contributed by atoms with Crippen molar-refractivity contribution in [2.75, 3.05) is 26.4 Å². The molecule has 0 aliphatic carbocycles. The van der Waals surface area contributed by atoms with E-state index >= 15 is 0 Å². The lowest BCUT2D eigenvalue weighted by Crippen LogP contribution is -2.18. The molecule has 8 nitrogen and oxygen atoms in total. The van der Waals surface area contributed by atoms with Gasteiger partial charge in [-0.15, -0.1) is 0 Å². The van der Waals surface area contributed by atoms with E-state index in [1.165, 1.54) is 12.1 Å². The molecule has 0 aliphatic rings. The third-order valence-corrected chi connectivity index (χ3v) is 7.33. The van der Waals surface area contributed by atoms with Gasteiger partial charge in [0.25, 0.3) is 0 Å². The first-order chi connectivity index (χ1) is 19.2. The largest absolute Gasteiger partial charge is 0.462 e. The quantitative estimate of drug-likeness (QED) is 0.0989. The van der Waals surface area contributed by atoms with E-state index in [9.17, 15) is 19.2 Å². The van der Waals surface area contributed by atoms with Gasteiger partial charge in [0.1, 0.15) is 0 Å². The lowest BCUT2D eigenvalue weighted by Gasteiger charge is -2.19. The third kappa shape index (κ3) is 8.77. The number of carbonyl (C=O) groups is 4. The molecule has 0 saturated heterocycles. The van der Waals surface area contributed by atoms with Crippen LogP contribution in [0.3, 0.4) is 0 Å². The Morgan fingerprint density at radius 3 is 1.07 bits per heavy atom. The molecule has 0 fully saturated rings. The van der Waals surface area contributed by atoms with Gasteiger partial charge in [0.05, 0.1) is 48.7 Å². The van der Waals surface area contributed by atoms with Crippen LogP contribution in [0.4, 0.5) is 0 Å². The summed E-state index contributed by atoms with van der Waals surface area (Å²) < 4.78 is 22.5. The number of rotatable bonds is 16. The number of hydrogen-bond donors (Lipinski definition) is 0. The van der Waals surface area contributed by atoms with Crippen LogP contribution in [0.25, 0.3) is 10.8 Å². The summed E-state index contributed by atoms with van der Waals surface area (Å²) >= 11 is 6.84. The Labute approximate surface area is 252 Å². The lowest BCUT2D eigenvalue weighted by molar-refractivity contribution is 0.0477. The monoisotopic (exact) mass is 684 g/mol. The fourth-order valence-corrected chi connectivity index (χ4v) is 5.01. The highest BCUT2D eigenvalue weighted by Crippen LogP contribution is 2.39. The van der Waals surface area contributed by atoms with Gasteiger partial charge in [0, 0.05) is 19.7 Å². The zero-order chi connectivity index (χ0) is 29.7. The molecule has 0 atom stereocenters. The molecular weight excluding hydrogens is 648 g/mol. The molecule has 220 valence electrons. The van der Waals surface area contributed by atoms with Crippen LogP contribution in [0, 0.1) is 0 Å². The molecule has 0 N–H and O–H groups in total. The summed E-state index contributed by atoms with van der Waals surface area (Å²) in [6.07, 6.45) is 5.85. The van der Waals surface area contributed by atoms with E-state index in [0.29, 0.717) is 25.7 Å². The number of esters is 4. The highest BCUT2D eigenvalue weighted by Gasteiger charge is 2.32. The number of benzene rings is 2. The molecule has 0 radical (unpaired) electrons. The fourth-order valence-electron chi connectivity index (χ4n) is 3.83. The predicted molar refractivity (Wildman–Crippen MR) is 160 cm³/mol. The summed E-state index contributed by atoms with van der Waals surface area (Å²) in [4.78, 5) is 53.6. The minimum Gasteiger partial charge on any atom is -0.462 e. The minimum absolute atomic E-state index is 0.00811. The molecule has 0 aliphatic heterocycles. The van der Waals surface area contributed by atoms with Crippen LogP contribution in [0.2, 0.25) is 0 Å². The Kier molecular flexibility index (Phi) is 14.7.